The molecule has 1 aromatic carbocycles. The summed E-state index contributed by atoms with van der Waals surface area (Å²) in [5.41, 5.74) is 9.03. The normalized spacial score (nSPS) is 28.1. The van der Waals surface area contributed by atoms with Crippen LogP contribution in [0.5, 0.6) is 0 Å². The fourth-order valence-corrected chi connectivity index (χ4v) is 3.17. The minimum atomic E-state index is -2.35. The molecule has 1 heterocycles. The summed E-state index contributed by atoms with van der Waals surface area (Å²) in [5, 5.41) is 46.5. The summed E-state index contributed by atoms with van der Waals surface area (Å²) in [6.07, 6.45) is -7.06. The zero-order valence-electron chi connectivity index (χ0n) is 16.2. The first-order valence-corrected chi connectivity index (χ1v) is 9.11. The van der Waals surface area contributed by atoms with Crippen molar-refractivity contribution in [3.63, 3.8) is 0 Å². The molecule has 0 spiro atoms. The fraction of sp³-hybridized carbons (Fsp3) is 0.556. The Hall–Kier alpha value is -2.73. The minimum absolute atomic E-state index is 0.172. The van der Waals surface area contributed by atoms with Gasteiger partial charge in [-0.15, -0.1) is 0 Å². The monoisotopic (exact) mass is 424 g/mol. The molecule has 0 unspecified atom stereocenters. The number of aliphatic carboxylic acids is 1. The number of hydrogen-bond donors (Lipinski definition) is 5. The zero-order chi connectivity index (χ0) is 22.3. The van der Waals surface area contributed by atoms with E-state index in [-0.39, 0.29) is 6.61 Å². The lowest BCUT2D eigenvalue weighted by Crippen LogP contribution is -2.67. The van der Waals surface area contributed by atoms with Gasteiger partial charge in [-0.1, -0.05) is 35.4 Å². The minimum Gasteiger partial charge on any atom is -0.477 e. The van der Waals surface area contributed by atoms with E-state index in [9.17, 15) is 30.0 Å². The lowest BCUT2D eigenvalue weighted by atomic mass is 9.88. The molecule has 1 aliphatic rings. The molecule has 1 saturated heterocycles. The highest BCUT2D eigenvalue weighted by atomic mass is 16.7. The van der Waals surface area contributed by atoms with E-state index in [0.717, 1.165) is 6.92 Å². The van der Waals surface area contributed by atoms with Gasteiger partial charge in [-0.2, -0.15) is 0 Å². The molecular formula is C18H24N4O8. The van der Waals surface area contributed by atoms with E-state index in [1.165, 1.54) is 0 Å². The molecule has 30 heavy (non-hydrogen) atoms. The van der Waals surface area contributed by atoms with Crippen LogP contribution >= 0.6 is 0 Å². The third-order valence-electron chi connectivity index (χ3n) is 4.65. The Balaban J connectivity index is 2.32. The summed E-state index contributed by atoms with van der Waals surface area (Å²) in [7, 11) is 0. The summed E-state index contributed by atoms with van der Waals surface area (Å²) >= 11 is 0. The highest BCUT2D eigenvalue weighted by molar-refractivity contribution is 5.76. The van der Waals surface area contributed by atoms with Crippen LogP contribution in [0.2, 0.25) is 0 Å². The summed E-state index contributed by atoms with van der Waals surface area (Å²) in [5.74, 6) is -4.48. The molecule has 2 rings (SSSR count). The largest absolute Gasteiger partial charge is 0.477 e. The number of carbonyl (C=O) groups excluding carboxylic acids is 1. The van der Waals surface area contributed by atoms with Gasteiger partial charge in [0.1, 0.15) is 12.2 Å². The highest BCUT2D eigenvalue weighted by Gasteiger charge is 2.55. The van der Waals surface area contributed by atoms with Crippen LogP contribution in [0, 0.1) is 0 Å². The maximum atomic E-state index is 12.0. The summed E-state index contributed by atoms with van der Waals surface area (Å²) in [6.45, 7) is 0.456. The van der Waals surface area contributed by atoms with E-state index in [1.807, 2.05) is 0 Å². The second-order valence-electron chi connectivity index (χ2n) is 6.88. The topological polar surface area (TPSA) is 194 Å². The molecule has 1 aromatic rings. The predicted octanol–water partition coefficient (Wildman–Crippen LogP) is -0.329. The molecular weight excluding hydrogens is 400 g/mol. The molecule has 12 heteroatoms. The Morgan fingerprint density at radius 3 is 2.63 bits per heavy atom. The Bertz CT molecular complexity index is 788. The third-order valence-corrected chi connectivity index (χ3v) is 4.65. The van der Waals surface area contributed by atoms with Crippen LogP contribution in [0.3, 0.4) is 0 Å². The molecule has 1 fully saturated rings. The van der Waals surface area contributed by atoms with Crippen molar-refractivity contribution >= 4 is 11.9 Å². The van der Waals surface area contributed by atoms with Crippen molar-refractivity contribution in [2.24, 2.45) is 5.11 Å². The lowest BCUT2D eigenvalue weighted by molar-refractivity contribution is -0.314. The van der Waals surface area contributed by atoms with Crippen molar-refractivity contribution in [3.05, 3.63) is 46.3 Å². The maximum Gasteiger partial charge on any atom is 0.364 e. The number of rotatable bonds is 9. The molecule has 0 aromatic heterocycles. The van der Waals surface area contributed by atoms with Crippen LogP contribution in [0.15, 0.2) is 35.4 Å². The Labute approximate surface area is 171 Å². The first kappa shape index (κ1) is 23.5. The number of carboxylic acids is 1. The number of nitrogens with zero attached hydrogens (tertiary/aromatic N) is 3. The number of ether oxygens (including phenoxy) is 2. The fourth-order valence-electron chi connectivity index (χ4n) is 3.17. The molecule has 164 valence electrons. The predicted molar refractivity (Wildman–Crippen MR) is 101 cm³/mol. The van der Waals surface area contributed by atoms with Crippen molar-refractivity contribution in [1.82, 2.24) is 5.32 Å². The van der Waals surface area contributed by atoms with Gasteiger partial charge in [0.05, 0.1) is 31.4 Å². The van der Waals surface area contributed by atoms with Crippen molar-refractivity contribution in [3.8, 4) is 0 Å². The molecule has 0 saturated carbocycles. The average molecular weight is 424 g/mol. The van der Waals surface area contributed by atoms with E-state index < -0.39 is 61.1 Å². The number of hydrogen-bond acceptors (Lipinski definition) is 8. The molecule has 0 bridgehead atoms. The van der Waals surface area contributed by atoms with Crippen molar-refractivity contribution in [1.29, 1.82) is 0 Å². The summed E-state index contributed by atoms with van der Waals surface area (Å²) < 4.78 is 11.1. The van der Waals surface area contributed by atoms with Gasteiger partial charge in [0.25, 0.3) is 5.79 Å². The van der Waals surface area contributed by atoms with Gasteiger partial charge in [0.15, 0.2) is 0 Å². The number of nitrogens with one attached hydrogen (secondary N) is 1. The number of amides is 1. The standard InChI is InChI=1S/C18H24N4O8/c1-10(23)21-14-12(24)7-18(17(27)28,29-9-11-5-3-2-4-6-11)30-16(14)15(26)13(25)8-20-22-19/h2-6,12-16,24-26H,7-9H2,1H3,(H,21,23)(H,27,28)/t12-,13+,14+,15-,16+,18+/m0/s1. The van der Waals surface area contributed by atoms with Gasteiger partial charge >= 0.3 is 5.97 Å². The number of aliphatic hydroxyl groups excluding tert-OH is 3. The average Bonchev–Trinajstić information content (AvgIpc) is 2.72. The second-order valence-corrected chi connectivity index (χ2v) is 6.88. The lowest BCUT2D eigenvalue weighted by Gasteiger charge is -2.46. The van der Waals surface area contributed by atoms with Crippen LogP contribution in [0.4, 0.5) is 0 Å². The van der Waals surface area contributed by atoms with Gasteiger partial charge in [0, 0.05) is 18.3 Å². The molecule has 1 amide bonds. The maximum absolute atomic E-state index is 12.0. The van der Waals surface area contributed by atoms with Gasteiger partial charge in [-0.05, 0) is 11.1 Å². The Morgan fingerprint density at radius 2 is 2.07 bits per heavy atom. The van der Waals surface area contributed by atoms with Crippen LogP contribution in [-0.4, -0.2) is 75.1 Å². The van der Waals surface area contributed by atoms with Crippen LogP contribution < -0.4 is 5.32 Å². The highest BCUT2D eigenvalue weighted by Crippen LogP contribution is 2.34. The molecule has 1 aliphatic heterocycles. The quantitative estimate of drug-likeness (QED) is 0.202. The molecule has 0 aliphatic carbocycles. The van der Waals surface area contributed by atoms with E-state index in [4.69, 9.17) is 15.0 Å². The molecule has 5 N–H and O–H groups in total. The van der Waals surface area contributed by atoms with Crippen molar-refractivity contribution in [2.75, 3.05) is 6.54 Å². The van der Waals surface area contributed by atoms with Crippen LogP contribution in [0.25, 0.3) is 10.4 Å². The van der Waals surface area contributed by atoms with Crippen molar-refractivity contribution < 1.29 is 39.5 Å². The van der Waals surface area contributed by atoms with Crippen molar-refractivity contribution in [2.45, 2.75) is 56.2 Å². The van der Waals surface area contributed by atoms with Gasteiger partial charge in [-0.3, -0.25) is 4.79 Å². The van der Waals surface area contributed by atoms with Gasteiger partial charge < -0.3 is 35.2 Å². The summed E-state index contributed by atoms with van der Waals surface area (Å²) in [4.78, 5) is 26.0. The molecule has 6 atom stereocenters. The molecule has 0 radical (unpaired) electrons. The van der Waals surface area contributed by atoms with Crippen LogP contribution in [0.1, 0.15) is 18.9 Å². The van der Waals surface area contributed by atoms with Gasteiger partial charge in [0.2, 0.25) is 5.91 Å². The van der Waals surface area contributed by atoms with E-state index in [0.29, 0.717) is 5.56 Å². The van der Waals surface area contributed by atoms with E-state index >= 15 is 0 Å². The van der Waals surface area contributed by atoms with Crippen LogP contribution in [-0.2, 0) is 25.7 Å². The molecule has 12 nitrogen and oxygen atoms in total. The SMILES string of the molecule is CC(=O)N[C@H]1[C@H]([C@@H](O)[C@H](O)CN=[N+]=[N-])O[C@@](OCc2ccccc2)(C(=O)O)C[C@@H]1O. The number of benzene rings is 1. The van der Waals surface area contributed by atoms with E-state index in [1.54, 1.807) is 30.3 Å². The number of carbonyl (C=O) groups is 2. The van der Waals surface area contributed by atoms with E-state index in [2.05, 4.69) is 15.3 Å². The Kier molecular flexibility index (Phi) is 8.12. The number of azide groups is 1. The first-order chi connectivity index (χ1) is 14.2. The Morgan fingerprint density at radius 1 is 1.40 bits per heavy atom. The second kappa shape index (κ2) is 10.3. The first-order valence-electron chi connectivity index (χ1n) is 9.11. The smallest absolute Gasteiger partial charge is 0.364 e. The number of aliphatic hydroxyl groups is 3. The third kappa shape index (κ3) is 5.66. The summed E-state index contributed by atoms with van der Waals surface area (Å²) in [6, 6.07) is 7.39. The number of carboxylic acid groups (broad SMARTS) is 1. The van der Waals surface area contributed by atoms with Gasteiger partial charge in [-0.25, -0.2) is 4.79 Å². The zero-order valence-corrected chi connectivity index (χ0v) is 16.2.